The Morgan fingerprint density at radius 3 is 1.96 bits per heavy atom. The first kappa shape index (κ1) is 36.5. The molecule has 0 spiro atoms. The van der Waals surface area contributed by atoms with Gasteiger partial charge in [-0.25, -0.2) is 0 Å². The molecule has 0 bridgehead atoms. The smallest absolute Gasteiger partial charge is 0.136 e. The van der Waals surface area contributed by atoms with Gasteiger partial charge in [-0.15, -0.1) is 59.2 Å². The van der Waals surface area contributed by atoms with Crippen LogP contribution in [-0.4, -0.2) is 9.97 Å². The molecule has 7 aromatic carbocycles. The molecule has 3 aromatic heterocycles. The molecule has 3 nitrogen and oxygen atoms in total. The van der Waals surface area contributed by atoms with Gasteiger partial charge in [0.2, 0.25) is 0 Å². The third-order valence-electron chi connectivity index (χ3n) is 10.1. The second kappa shape index (κ2) is 16.1. The molecular weight excluding hydrogens is 861 g/mol. The minimum Gasteiger partial charge on any atom is -0.456 e. The number of para-hydroxylation sites is 1. The van der Waals surface area contributed by atoms with Crippen molar-refractivity contribution in [1.29, 1.82) is 0 Å². The quantitative estimate of drug-likeness (QED) is 0.162. The molecule has 10 rings (SSSR count). The van der Waals surface area contributed by atoms with E-state index in [9.17, 15) is 0 Å². The van der Waals surface area contributed by atoms with Crippen molar-refractivity contribution >= 4 is 32.7 Å². The summed E-state index contributed by atoms with van der Waals surface area (Å²) in [4.78, 5) is 9.14. The maximum atomic E-state index is 6.13. The molecule has 3 heterocycles. The van der Waals surface area contributed by atoms with Crippen molar-refractivity contribution < 1.29 is 24.5 Å². The topological polar surface area (TPSA) is 38.9 Å². The van der Waals surface area contributed by atoms with Crippen molar-refractivity contribution in [2.75, 3.05) is 0 Å². The van der Waals surface area contributed by atoms with Crippen LogP contribution in [0.4, 0.5) is 0 Å². The summed E-state index contributed by atoms with van der Waals surface area (Å²) in [5.41, 5.74) is 15.2. The van der Waals surface area contributed by atoms with E-state index in [2.05, 4.69) is 157 Å². The second-order valence-corrected chi connectivity index (χ2v) is 13.7. The van der Waals surface area contributed by atoms with Gasteiger partial charge in [-0.2, -0.15) is 0 Å². The number of hydrogen-bond acceptors (Lipinski definition) is 3. The van der Waals surface area contributed by atoms with Crippen LogP contribution < -0.4 is 0 Å². The fraction of sp³-hybridized carbons (Fsp3) is 0.0385. The first-order chi connectivity index (χ1) is 27.1. The van der Waals surface area contributed by atoms with E-state index >= 15 is 0 Å². The number of aromatic nitrogens is 2. The van der Waals surface area contributed by atoms with Crippen molar-refractivity contribution in [1.82, 2.24) is 9.97 Å². The van der Waals surface area contributed by atoms with Crippen LogP contribution in [0, 0.1) is 26.0 Å². The van der Waals surface area contributed by atoms with Gasteiger partial charge in [0.25, 0.3) is 0 Å². The molecule has 0 aliphatic carbocycles. The molecule has 0 amide bonds. The predicted molar refractivity (Wildman–Crippen MR) is 228 cm³/mol. The number of benzene rings is 7. The third-order valence-corrected chi connectivity index (χ3v) is 10.1. The van der Waals surface area contributed by atoms with Crippen molar-refractivity contribution in [3.05, 3.63) is 206 Å². The van der Waals surface area contributed by atoms with Crippen molar-refractivity contribution in [3.8, 4) is 55.9 Å². The predicted octanol–water partition coefficient (Wildman–Crippen LogP) is 13.8. The summed E-state index contributed by atoms with van der Waals surface area (Å²) >= 11 is 0. The van der Waals surface area contributed by atoms with E-state index in [0.29, 0.717) is 0 Å². The van der Waals surface area contributed by atoms with E-state index in [0.717, 1.165) is 61.1 Å². The molecule has 0 atom stereocenters. The van der Waals surface area contributed by atoms with Crippen molar-refractivity contribution in [3.63, 3.8) is 0 Å². The zero-order valence-corrected chi connectivity index (χ0v) is 33.4. The fourth-order valence-corrected chi connectivity index (χ4v) is 7.32. The molecular formula is C52H36IrN2O-2. The Morgan fingerprint density at radius 1 is 0.482 bits per heavy atom. The standard InChI is InChI=1S/C33H20NO.C19H16N.Ir/c1-2-9-22(10-3-1)29-21-23(16-17-26(29)30-14-6-7-20-34-30)24-12-8-13-27-25(24)18-19-32-33(27)28-11-4-5-15-31(28)35-32;1-14-8-10-17(11-9-14)19-12-18(15(2)13-20-19)16-6-4-3-5-7-16;/h1-16,18-21H;3-10,12-13H,1-2H3;/q2*-1;. The molecule has 0 fully saturated rings. The summed E-state index contributed by atoms with van der Waals surface area (Å²) < 4.78 is 6.13. The van der Waals surface area contributed by atoms with Crippen LogP contribution in [-0.2, 0) is 20.1 Å². The minimum atomic E-state index is 0. The Bertz CT molecular complexity index is 2920. The molecule has 10 aromatic rings. The number of nitrogens with zero attached hydrogens (tertiary/aromatic N) is 2. The third kappa shape index (κ3) is 7.21. The Kier molecular flexibility index (Phi) is 10.5. The maximum Gasteiger partial charge on any atom is 0.136 e. The molecule has 0 aliphatic rings. The van der Waals surface area contributed by atoms with Crippen LogP contribution in [0.5, 0.6) is 0 Å². The second-order valence-electron chi connectivity index (χ2n) is 13.7. The number of aryl methyl sites for hydroxylation is 2. The summed E-state index contributed by atoms with van der Waals surface area (Å²) in [5, 5.41) is 4.70. The SMILES string of the molecule is Cc1c[c-]c(-c2cc(-c3ccccc3)c(C)cn2)cc1.[Ir].[c-]1cc(-c2cccc3c2ccc2oc4ccccc4c23)cc(-c2ccccc2)c1-c1ccccn1. The van der Waals surface area contributed by atoms with Crippen molar-refractivity contribution in [2.24, 2.45) is 0 Å². The average molecular weight is 897 g/mol. The maximum absolute atomic E-state index is 6.13. The number of fused-ring (bicyclic) bond motifs is 5. The monoisotopic (exact) mass is 897 g/mol. The van der Waals surface area contributed by atoms with E-state index in [1.807, 2.05) is 60.9 Å². The normalized spacial score (nSPS) is 10.9. The van der Waals surface area contributed by atoms with Crippen LogP contribution in [0.1, 0.15) is 11.1 Å². The van der Waals surface area contributed by atoms with E-state index in [-0.39, 0.29) is 20.1 Å². The summed E-state index contributed by atoms with van der Waals surface area (Å²) in [6.07, 6.45) is 3.77. The number of rotatable bonds is 5. The van der Waals surface area contributed by atoms with Gasteiger partial charge in [-0.05, 0) is 64.0 Å². The first-order valence-electron chi connectivity index (χ1n) is 18.5. The fourth-order valence-electron chi connectivity index (χ4n) is 7.32. The zero-order valence-electron chi connectivity index (χ0n) is 31.0. The van der Waals surface area contributed by atoms with Gasteiger partial charge in [-0.1, -0.05) is 151 Å². The Morgan fingerprint density at radius 2 is 1.21 bits per heavy atom. The molecule has 4 heteroatoms. The van der Waals surface area contributed by atoms with Gasteiger partial charge in [0, 0.05) is 43.3 Å². The Balaban J connectivity index is 0.000000179. The molecule has 0 saturated carbocycles. The van der Waals surface area contributed by atoms with E-state index < -0.39 is 0 Å². The van der Waals surface area contributed by atoms with Gasteiger partial charge in [0.05, 0.1) is 0 Å². The van der Waals surface area contributed by atoms with Crippen LogP contribution >= 0.6 is 0 Å². The van der Waals surface area contributed by atoms with Gasteiger partial charge in [0.1, 0.15) is 11.2 Å². The van der Waals surface area contributed by atoms with Crippen molar-refractivity contribution in [2.45, 2.75) is 13.8 Å². The molecule has 1 radical (unpaired) electrons. The summed E-state index contributed by atoms with van der Waals surface area (Å²) in [5.74, 6) is 0. The Labute approximate surface area is 340 Å². The molecule has 0 unspecified atom stereocenters. The molecule has 0 aliphatic heterocycles. The van der Waals surface area contributed by atoms with Crippen LogP contribution in [0.2, 0.25) is 0 Å². The van der Waals surface area contributed by atoms with Crippen LogP contribution in [0.25, 0.3) is 88.6 Å². The molecule has 271 valence electrons. The number of pyridine rings is 2. The number of hydrogen-bond donors (Lipinski definition) is 0. The van der Waals surface area contributed by atoms with Crippen LogP contribution in [0.3, 0.4) is 0 Å². The van der Waals surface area contributed by atoms with E-state index in [1.165, 1.54) is 38.6 Å². The van der Waals surface area contributed by atoms with Crippen LogP contribution in [0.15, 0.2) is 187 Å². The van der Waals surface area contributed by atoms with Gasteiger partial charge in [0.15, 0.2) is 0 Å². The summed E-state index contributed by atoms with van der Waals surface area (Å²) in [6, 6.07) is 65.4. The minimum absolute atomic E-state index is 0. The summed E-state index contributed by atoms with van der Waals surface area (Å²) in [6.45, 7) is 4.16. The van der Waals surface area contributed by atoms with Gasteiger partial charge >= 0.3 is 0 Å². The van der Waals surface area contributed by atoms with E-state index in [4.69, 9.17) is 4.42 Å². The number of furan rings is 1. The largest absolute Gasteiger partial charge is 0.456 e. The van der Waals surface area contributed by atoms with Gasteiger partial charge in [-0.3, -0.25) is 0 Å². The molecule has 0 N–H and O–H groups in total. The average Bonchev–Trinajstić information content (AvgIpc) is 3.64. The zero-order chi connectivity index (χ0) is 37.1. The first-order valence-corrected chi connectivity index (χ1v) is 18.5. The van der Waals surface area contributed by atoms with E-state index in [1.54, 1.807) is 0 Å². The van der Waals surface area contributed by atoms with Gasteiger partial charge < -0.3 is 14.4 Å². The molecule has 0 saturated heterocycles. The Hall–Kier alpha value is -6.45. The molecule has 56 heavy (non-hydrogen) atoms. The summed E-state index contributed by atoms with van der Waals surface area (Å²) in [7, 11) is 0.